The van der Waals surface area contributed by atoms with Crippen LogP contribution in [0.4, 0.5) is 0 Å². The lowest BCUT2D eigenvalue weighted by Gasteiger charge is -2.19. The van der Waals surface area contributed by atoms with Crippen LogP contribution in [-0.2, 0) is 0 Å². The van der Waals surface area contributed by atoms with Crippen LogP contribution in [0.25, 0.3) is 0 Å². The molecule has 1 aliphatic rings. The van der Waals surface area contributed by atoms with Crippen LogP contribution in [-0.4, -0.2) is 18.0 Å². The van der Waals surface area contributed by atoms with E-state index < -0.39 is 0 Å². The second-order valence-corrected chi connectivity index (χ2v) is 6.40. The molecule has 0 aromatic rings. The van der Waals surface area contributed by atoms with E-state index in [0.29, 0.717) is 0 Å². The zero-order chi connectivity index (χ0) is 14.5. The van der Waals surface area contributed by atoms with Crippen molar-refractivity contribution in [2.45, 2.75) is 97.3 Å². The highest BCUT2D eigenvalue weighted by atomic mass is 15.1. The smallest absolute Gasteiger partial charge is 0.0178 e. The van der Waals surface area contributed by atoms with Gasteiger partial charge in [0.05, 0.1) is 0 Å². The molecule has 0 aliphatic carbocycles. The van der Waals surface area contributed by atoms with Gasteiger partial charge in [-0.15, -0.1) is 0 Å². The van der Waals surface area contributed by atoms with Crippen molar-refractivity contribution in [3.8, 4) is 0 Å². The van der Waals surface area contributed by atoms with Crippen molar-refractivity contribution < 1.29 is 0 Å². The van der Waals surface area contributed by atoms with Gasteiger partial charge in [0.1, 0.15) is 0 Å². The average Bonchev–Trinajstić information content (AvgIpc) is 2.91. The van der Waals surface area contributed by atoms with E-state index in [9.17, 15) is 0 Å². The first-order valence-corrected chi connectivity index (χ1v) is 9.32. The maximum atomic E-state index is 2.63. The predicted molar refractivity (Wildman–Crippen MR) is 91.0 cm³/mol. The quantitative estimate of drug-likeness (QED) is 0.379. The second kappa shape index (κ2) is 12.3. The molecule has 1 nitrogen and oxygen atoms in total. The number of hydrogen-bond donors (Lipinski definition) is 0. The van der Waals surface area contributed by atoms with Crippen molar-refractivity contribution in [1.82, 2.24) is 4.90 Å². The van der Waals surface area contributed by atoms with Gasteiger partial charge >= 0.3 is 0 Å². The minimum Gasteiger partial charge on any atom is -0.375 e. The van der Waals surface area contributed by atoms with Gasteiger partial charge in [-0.1, -0.05) is 71.3 Å². The van der Waals surface area contributed by atoms with Gasteiger partial charge in [0, 0.05) is 18.8 Å². The van der Waals surface area contributed by atoms with Crippen LogP contribution >= 0.6 is 0 Å². The largest absolute Gasteiger partial charge is 0.375 e. The molecule has 1 aliphatic heterocycles. The first-order chi connectivity index (χ1) is 9.88. The predicted octanol–water partition coefficient (Wildman–Crippen LogP) is 6.30. The van der Waals surface area contributed by atoms with Crippen molar-refractivity contribution in [3.05, 3.63) is 11.8 Å². The highest BCUT2D eigenvalue weighted by Gasteiger charge is 2.15. The van der Waals surface area contributed by atoms with Gasteiger partial charge in [-0.25, -0.2) is 0 Å². The zero-order valence-electron chi connectivity index (χ0n) is 14.1. The molecular formula is C19H37N. The Bertz CT molecular complexity index is 244. The topological polar surface area (TPSA) is 3.24 Å². The van der Waals surface area contributed by atoms with E-state index in [2.05, 4.69) is 24.8 Å². The summed E-state index contributed by atoms with van der Waals surface area (Å²) in [6.45, 7) is 7.18. The van der Waals surface area contributed by atoms with Gasteiger partial charge in [-0.05, 0) is 32.1 Å². The lowest BCUT2D eigenvalue weighted by Crippen LogP contribution is -2.18. The highest BCUT2D eigenvalue weighted by molar-refractivity contribution is 5.05. The third kappa shape index (κ3) is 7.97. The van der Waals surface area contributed by atoms with Crippen LogP contribution in [0.1, 0.15) is 97.3 Å². The van der Waals surface area contributed by atoms with E-state index in [1.54, 1.807) is 5.70 Å². The molecule has 0 N–H and O–H groups in total. The fraction of sp³-hybridized carbons (Fsp3) is 0.895. The Morgan fingerprint density at radius 1 is 0.850 bits per heavy atom. The molecule has 20 heavy (non-hydrogen) atoms. The number of nitrogens with zero attached hydrogens (tertiary/aromatic N) is 1. The Morgan fingerprint density at radius 2 is 1.50 bits per heavy atom. The van der Waals surface area contributed by atoms with Gasteiger partial charge < -0.3 is 4.90 Å². The fourth-order valence-corrected chi connectivity index (χ4v) is 3.14. The first kappa shape index (κ1) is 17.6. The molecule has 1 saturated heterocycles. The summed E-state index contributed by atoms with van der Waals surface area (Å²) < 4.78 is 0. The minimum atomic E-state index is 1.29. The van der Waals surface area contributed by atoms with E-state index in [-0.39, 0.29) is 0 Å². The molecule has 0 aromatic carbocycles. The van der Waals surface area contributed by atoms with E-state index in [0.717, 1.165) is 0 Å². The van der Waals surface area contributed by atoms with Crippen LogP contribution in [0, 0.1) is 0 Å². The molecule has 0 atom stereocenters. The number of hydrogen-bond acceptors (Lipinski definition) is 1. The summed E-state index contributed by atoms with van der Waals surface area (Å²) in [6, 6.07) is 0. The molecule has 0 saturated carbocycles. The third-order valence-corrected chi connectivity index (χ3v) is 4.49. The van der Waals surface area contributed by atoms with Gasteiger partial charge in [0.25, 0.3) is 0 Å². The molecule has 1 heterocycles. The van der Waals surface area contributed by atoms with Crippen molar-refractivity contribution in [3.63, 3.8) is 0 Å². The van der Waals surface area contributed by atoms with Crippen molar-refractivity contribution >= 4 is 0 Å². The van der Waals surface area contributed by atoms with Gasteiger partial charge in [-0.2, -0.15) is 0 Å². The third-order valence-electron chi connectivity index (χ3n) is 4.49. The standard InChI is InChI=1S/C19H37N/c1-3-5-7-8-9-10-11-12-13-15-19-16-14-18-20(19)17-6-4-2/h15H,3-14,16-18H2,1-2H3. The summed E-state index contributed by atoms with van der Waals surface area (Å²) >= 11 is 0. The lowest BCUT2D eigenvalue weighted by atomic mass is 10.1. The van der Waals surface area contributed by atoms with Gasteiger partial charge in [0.2, 0.25) is 0 Å². The molecule has 0 bridgehead atoms. The van der Waals surface area contributed by atoms with Crippen LogP contribution < -0.4 is 0 Å². The maximum absolute atomic E-state index is 2.63. The van der Waals surface area contributed by atoms with Gasteiger partial charge in [0.15, 0.2) is 0 Å². The zero-order valence-corrected chi connectivity index (χ0v) is 14.1. The average molecular weight is 280 g/mol. The van der Waals surface area contributed by atoms with Crippen molar-refractivity contribution in [2.24, 2.45) is 0 Å². The molecule has 1 heteroatoms. The second-order valence-electron chi connectivity index (χ2n) is 6.40. The molecule has 0 spiro atoms. The highest BCUT2D eigenvalue weighted by Crippen LogP contribution is 2.22. The number of likely N-dealkylation sites (tertiary alicyclic amines) is 1. The summed E-state index contributed by atoms with van der Waals surface area (Å²) in [7, 11) is 0. The van der Waals surface area contributed by atoms with E-state index in [1.807, 2.05) is 0 Å². The molecule has 0 aromatic heterocycles. The first-order valence-electron chi connectivity index (χ1n) is 9.32. The molecule has 1 rings (SSSR count). The summed E-state index contributed by atoms with van der Waals surface area (Å²) in [5, 5.41) is 0. The number of allylic oxidation sites excluding steroid dienone is 2. The van der Waals surface area contributed by atoms with E-state index in [1.165, 1.54) is 96.6 Å². The van der Waals surface area contributed by atoms with Crippen LogP contribution in [0.5, 0.6) is 0 Å². The molecular weight excluding hydrogens is 242 g/mol. The van der Waals surface area contributed by atoms with E-state index >= 15 is 0 Å². The minimum absolute atomic E-state index is 1.29. The Morgan fingerprint density at radius 3 is 2.20 bits per heavy atom. The SMILES string of the molecule is CCCCCCCCCCC=C1CCCN1CCCC. The van der Waals surface area contributed by atoms with Gasteiger partial charge in [-0.3, -0.25) is 0 Å². The number of rotatable bonds is 12. The number of unbranched alkanes of at least 4 members (excludes halogenated alkanes) is 9. The Balaban J connectivity index is 2.00. The Labute approximate surface area is 127 Å². The summed E-state index contributed by atoms with van der Waals surface area (Å²) in [6.07, 6.45) is 20.7. The van der Waals surface area contributed by atoms with Crippen LogP contribution in [0.3, 0.4) is 0 Å². The normalized spacial score (nSPS) is 17.3. The monoisotopic (exact) mass is 279 g/mol. The van der Waals surface area contributed by atoms with Crippen LogP contribution in [0.15, 0.2) is 11.8 Å². The fourth-order valence-electron chi connectivity index (χ4n) is 3.14. The molecule has 0 radical (unpaired) electrons. The van der Waals surface area contributed by atoms with E-state index in [4.69, 9.17) is 0 Å². The lowest BCUT2D eigenvalue weighted by molar-refractivity contribution is 0.381. The Hall–Kier alpha value is -0.460. The molecule has 0 unspecified atom stereocenters. The Kier molecular flexibility index (Phi) is 10.8. The summed E-state index contributed by atoms with van der Waals surface area (Å²) in [5.41, 5.74) is 1.65. The molecule has 1 fully saturated rings. The maximum Gasteiger partial charge on any atom is 0.0178 e. The van der Waals surface area contributed by atoms with Crippen LogP contribution in [0.2, 0.25) is 0 Å². The molecule has 118 valence electrons. The van der Waals surface area contributed by atoms with Crippen molar-refractivity contribution in [1.29, 1.82) is 0 Å². The summed E-state index contributed by atoms with van der Waals surface area (Å²) in [4.78, 5) is 2.63. The van der Waals surface area contributed by atoms with Crippen molar-refractivity contribution in [2.75, 3.05) is 13.1 Å². The molecule has 0 amide bonds. The summed E-state index contributed by atoms with van der Waals surface area (Å²) in [5.74, 6) is 0.